The molecule has 1 amide bonds. The minimum Gasteiger partial charge on any atom is -0.508 e. The number of carbonyl (C=O) groups excluding carboxylic acids is 1. The summed E-state index contributed by atoms with van der Waals surface area (Å²) in [5, 5.41) is 12.3. The molecule has 104 valence electrons. The number of aromatic hydroxyl groups is 1. The van der Waals surface area contributed by atoms with E-state index >= 15 is 0 Å². The van der Waals surface area contributed by atoms with Gasteiger partial charge < -0.3 is 10.4 Å². The zero-order valence-corrected chi connectivity index (χ0v) is 11.0. The molecule has 0 radical (unpaired) electrons. The number of halogens is 1. The van der Waals surface area contributed by atoms with Crippen molar-refractivity contribution in [3.63, 3.8) is 0 Å². The van der Waals surface area contributed by atoms with Gasteiger partial charge in [-0.25, -0.2) is 4.39 Å². The molecule has 20 heavy (non-hydrogen) atoms. The van der Waals surface area contributed by atoms with Crippen LogP contribution in [0, 0.1) is 5.82 Å². The third kappa shape index (κ3) is 3.82. The average Bonchev–Trinajstić information content (AvgIpc) is 2.43. The van der Waals surface area contributed by atoms with Gasteiger partial charge >= 0.3 is 0 Å². The fourth-order valence-electron chi connectivity index (χ4n) is 1.94. The normalized spacial score (nSPS) is 10.2. The van der Waals surface area contributed by atoms with Gasteiger partial charge in [0.15, 0.2) is 0 Å². The lowest BCUT2D eigenvalue weighted by molar-refractivity contribution is -0.120. The number of rotatable bonds is 5. The Morgan fingerprint density at radius 2 is 1.70 bits per heavy atom. The third-order valence-corrected chi connectivity index (χ3v) is 3.02. The number of para-hydroxylation sites is 1. The minimum atomic E-state index is -0.372. The molecule has 0 heterocycles. The standard InChI is InChI=1S/C16H16FNO2/c17-14-7-3-1-6-13(14)11-16(20)18-10-9-12-5-2-4-8-15(12)19/h1-8,19H,9-11H2,(H,18,20). The van der Waals surface area contributed by atoms with Crippen LogP contribution >= 0.6 is 0 Å². The topological polar surface area (TPSA) is 49.3 Å². The maximum absolute atomic E-state index is 13.4. The smallest absolute Gasteiger partial charge is 0.224 e. The monoisotopic (exact) mass is 273 g/mol. The zero-order chi connectivity index (χ0) is 14.4. The quantitative estimate of drug-likeness (QED) is 0.879. The van der Waals surface area contributed by atoms with Crippen molar-refractivity contribution in [2.45, 2.75) is 12.8 Å². The predicted octanol–water partition coefficient (Wildman–Crippen LogP) is 2.43. The van der Waals surface area contributed by atoms with E-state index in [1.807, 2.05) is 6.07 Å². The summed E-state index contributed by atoms with van der Waals surface area (Å²) in [6.07, 6.45) is 0.559. The van der Waals surface area contributed by atoms with Crippen molar-refractivity contribution in [1.82, 2.24) is 5.32 Å². The summed E-state index contributed by atoms with van der Waals surface area (Å²) >= 11 is 0. The van der Waals surface area contributed by atoms with Crippen LogP contribution in [0.1, 0.15) is 11.1 Å². The van der Waals surface area contributed by atoms with E-state index in [0.29, 0.717) is 18.5 Å². The highest BCUT2D eigenvalue weighted by molar-refractivity contribution is 5.78. The van der Waals surface area contributed by atoms with Crippen molar-refractivity contribution in [2.75, 3.05) is 6.54 Å². The largest absolute Gasteiger partial charge is 0.508 e. The summed E-state index contributed by atoms with van der Waals surface area (Å²) in [5.41, 5.74) is 1.16. The number of amides is 1. The molecule has 0 bridgehead atoms. The first-order valence-electron chi connectivity index (χ1n) is 6.44. The molecule has 0 saturated heterocycles. The molecule has 0 aliphatic heterocycles. The lowest BCUT2D eigenvalue weighted by Gasteiger charge is -2.07. The molecular formula is C16H16FNO2. The summed E-state index contributed by atoms with van der Waals surface area (Å²) in [5.74, 6) is -0.385. The van der Waals surface area contributed by atoms with Gasteiger partial charge in [0.2, 0.25) is 5.91 Å². The van der Waals surface area contributed by atoms with E-state index in [9.17, 15) is 14.3 Å². The lowest BCUT2D eigenvalue weighted by atomic mass is 10.1. The third-order valence-electron chi connectivity index (χ3n) is 3.02. The van der Waals surface area contributed by atoms with Gasteiger partial charge in [0.05, 0.1) is 6.42 Å². The van der Waals surface area contributed by atoms with E-state index in [-0.39, 0.29) is 23.9 Å². The van der Waals surface area contributed by atoms with E-state index in [4.69, 9.17) is 0 Å². The van der Waals surface area contributed by atoms with Crippen LogP contribution in [0.2, 0.25) is 0 Å². The second kappa shape index (κ2) is 6.70. The van der Waals surface area contributed by atoms with Crippen LogP contribution in [0.15, 0.2) is 48.5 Å². The van der Waals surface area contributed by atoms with Crippen molar-refractivity contribution in [2.24, 2.45) is 0 Å². The molecule has 0 saturated carbocycles. The zero-order valence-electron chi connectivity index (χ0n) is 11.0. The molecule has 0 spiro atoms. The molecule has 0 aliphatic carbocycles. The van der Waals surface area contributed by atoms with Crippen molar-refractivity contribution >= 4 is 5.91 Å². The van der Waals surface area contributed by atoms with Crippen LogP contribution in [0.25, 0.3) is 0 Å². The number of phenols is 1. The van der Waals surface area contributed by atoms with Gasteiger partial charge in [-0.15, -0.1) is 0 Å². The fraction of sp³-hybridized carbons (Fsp3) is 0.188. The molecule has 0 aliphatic rings. The summed E-state index contributed by atoms with van der Waals surface area (Å²) in [6.45, 7) is 0.408. The highest BCUT2D eigenvalue weighted by Crippen LogP contribution is 2.15. The first-order chi connectivity index (χ1) is 9.66. The predicted molar refractivity (Wildman–Crippen MR) is 74.9 cm³/mol. The van der Waals surface area contributed by atoms with Crippen LogP contribution in [0.4, 0.5) is 4.39 Å². The van der Waals surface area contributed by atoms with Crippen molar-refractivity contribution < 1.29 is 14.3 Å². The SMILES string of the molecule is O=C(Cc1ccccc1F)NCCc1ccccc1O. The Hall–Kier alpha value is -2.36. The van der Waals surface area contributed by atoms with E-state index in [1.54, 1.807) is 36.4 Å². The minimum absolute atomic E-state index is 0.0213. The van der Waals surface area contributed by atoms with Gasteiger partial charge in [0.1, 0.15) is 11.6 Å². The van der Waals surface area contributed by atoms with Gasteiger partial charge in [-0.2, -0.15) is 0 Å². The summed E-state index contributed by atoms with van der Waals surface area (Å²) in [7, 11) is 0. The molecular weight excluding hydrogens is 257 g/mol. The fourth-order valence-corrected chi connectivity index (χ4v) is 1.94. The van der Waals surface area contributed by atoms with Crippen LogP contribution < -0.4 is 5.32 Å². The molecule has 2 N–H and O–H groups in total. The molecule has 0 atom stereocenters. The maximum atomic E-state index is 13.4. The van der Waals surface area contributed by atoms with Gasteiger partial charge in [0, 0.05) is 6.54 Å². The lowest BCUT2D eigenvalue weighted by Crippen LogP contribution is -2.27. The maximum Gasteiger partial charge on any atom is 0.224 e. The molecule has 0 aromatic heterocycles. The van der Waals surface area contributed by atoms with Crippen LogP contribution in [-0.4, -0.2) is 17.6 Å². The Morgan fingerprint density at radius 3 is 2.40 bits per heavy atom. The Balaban J connectivity index is 1.82. The van der Waals surface area contributed by atoms with E-state index in [1.165, 1.54) is 6.07 Å². The summed E-state index contributed by atoms with van der Waals surface area (Å²) in [6, 6.07) is 13.2. The van der Waals surface area contributed by atoms with Crippen LogP contribution in [-0.2, 0) is 17.6 Å². The Labute approximate surface area is 117 Å². The van der Waals surface area contributed by atoms with Gasteiger partial charge in [0.25, 0.3) is 0 Å². The highest BCUT2D eigenvalue weighted by atomic mass is 19.1. The number of carbonyl (C=O) groups is 1. The molecule has 0 unspecified atom stereocenters. The Kier molecular flexibility index (Phi) is 4.71. The molecule has 4 heteroatoms. The van der Waals surface area contributed by atoms with E-state index in [2.05, 4.69) is 5.32 Å². The number of nitrogens with one attached hydrogen (secondary N) is 1. The number of hydrogen-bond acceptors (Lipinski definition) is 2. The summed E-state index contributed by atoms with van der Waals surface area (Å²) in [4.78, 5) is 11.7. The highest BCUT2D eigenvalue weighted by Gasteiger charge is 2.07. The number of hydrogen-bond donors (Lipinski definition) is 2. The molecule has 2 rings (SSSR count). The second-order valence-electron chi connectivity index (χ2n) is 4.50. The van der Waals surface area contributed by atoms with Crippen molar-refractivity contribution in [1.29, 1.82) is 0 Å². The Bertz CT molecular complexity index is 599. The summed E-state index contributed by atoms with van der Waals surface area (Å²) < 4.78 is 13.4. The van der Waals surface area contributed by atoms with Gasteiger partial charge in [-0.1, -0.05) is 36.4 Å². The average molecular weight is 273 g/mol. The first kappa shape index (κ1) is 14.1. The van der Waals surface area contributed by atoms with Gasteiger partial charge in [-0.3, -0.25) is 4.79 Å². The second-order valence-corrected chi connectivity index (χ2v) is 4.50. The Morgan fingerprint density at radius 1 is 1.05 bits per heavy atom. The number of benzene rings is 2. The molecule has 2 aromatic carbocycles. The number of phenolic OH excluding ortho intramolecular Hbond substituents is 1. The van der Waals surface area contributed by atoms with Crippen molar-refractivity contribution in [3.05, 3.63) is 65.5 Å². The van der Waals surface area contributed by atoms with E-state index in [0.717, 1.165) is 5.56 Å². The van der Waals surface area contributed by atoms with Crippen LogP contribution in [0.5, 0.6) is 5.75 Å². The van der Waals surface area contributed by atoms with Gasteiger partial charge in [-0.05, 0) is 29.7 Å². The molecule has 3 nitrogen and oxygen atoms in total. The molecule has 0 fully saturated rings. The van der Waals surface area contributed by atoms with Crippen LogP contribution in [0.3, 0.4) is 0 Å². The molecule has 2 aromatic rings. The van der Waals surface area contributed by atoms with E-state index < -0.39 is 0 Å². The van der Waals surface area contributed by atoms with Crippen molar-refractivity contribution in [3.8, 4) is 5.75 Å². The first-order valence-corrected chi connectivity index (χ1v) is 6.44.